The monoisotopic (exact) mass is 382 g/mol. The Bertz CT molecular complexity index is 811. The van der Waals surface area contributed by atoms with Crippen molar-refractivity contribution in [1.82, 2.24) is 9.21 Å². The van der Waals surface area contributed by atoms with Gasteiger partial charge >= 0.3 is 5.97 Å². The standard InChI is InChI=1S/C18H26N2O5S/c1-13-8-9-14(26(24,25)20-10-6-5-7-11-20)12-15(13)16(21)19(4)18(2,3)17(22)23/h8-9,12H,5-7,10-11H2,1-4H3,(H,22,23). The van der Waals surface area contributed by atoms with E-state index in [4.69, 9.17) is 0 Å². The van der Waals surface area contributed by atoms with E-state index in [1.807, 2.05) is 0 Å². The number of piperidine rings is 1. The molecular weight excluding hydrogens is 356 g/mol. The van der Waals surface area contributed by atoms with Gasteiger partial charge in [-0.2, -0.15) is 4.31 Å². The number of amides is 1. The van der Waals surface area contributed by atoms with Crippen LogP contribution in [0, 0.1) is 6.92 Å². The van der Waals surface area contributed by atoms with Crippen LogP contribution in [0.5, 0.6) is 0 Å². The maximum Gasteiger partial charge on any atom is 0.329 e. The molecule has 0 saturated carbocycles. The van der Waals surface area contributed by atoms with Gasteiger partial charge in [-0.3, -0.25) is 4.79 Å². The van der Waals surface area contributed by atoms with E-state index < -0.39 is 27.4 Å². The first-order valence-electron chi connectivity index (χ1n) is 8.62. The predicted molar refractivity (Wildman–Crippen MR) is 97.6 cm³/mol. The Kier molecular flexibility index (Phi) is 5.77. The van der Waals surface area contributed by atoms with Crippen molar-refractivity contribution >= 4 is 21.9 Å². The van der Waals surface area contributed by atoms with E-state index in [1.165, 1.54) is 37.3 Å². The molecule has 1 aliphatic rings. The van der Waals surface area contributed by atoms with Gasteiger partial charge in [-0.25, -0.2) is 13.2 Å². The third-order valence-electron chi connectivity index (χ3n) is 5.06. The van der Waals surface area contributed by atoms with Gasteiger partial charge in [0.05, 0.1) is 4.90 Å². The Morgan fingerprint density at radius 2 is 1.73 bits per heavy atom. The quantitative estimate of drug-likeness (QED) is 0.841. The van der Waals surface area contributed by atoms with Gasteiger partial charge in [0, 0.05) is 25.7 Å². The average Bonchev–Trinajstić information content (AvgIpc) is 2.61. The molecule has 1 aromatic rings. The highest BCUT2D eigenvalue weighted by Gasteiger charge is 2.36. The fourth-order valence-electron chi connectivity index (χ4n) is 2.82. The Balaban J connectivity index is 2.41. The highest BCUT2D eigenvalue weighted by Crippen LogP contribution is 2.25. The SMILES string of the molecule is Cc1ccc(S(=O)(=O)N2CCCCC2)cc1C(=O)N(C)C(C)(C)C(=O)O. The summed E-state index contributed by atoms with van der Waals surface area (Å²) >= 11 is 0. The van der Waals surface area contributed by atoms with Gasteiger partial charge < -0.3 is 10.0 Å². The number of carbonyl (C=O) groups excluding carboxylic acids is 1. The maximum absolute atomic E-state index is 12.9. The number of carboxylic acid groups (broad SMARTS) is 1. The molecule has 0 unspecified atom stereocenters. The lowest BCUT2D eigenvalue weighted by Gasteiger charge is -2.32. The number of rotatable bonds is 5. The van der Waals surface area contributed by atoms with E-state index in [1.54, 1.807) is 13.0 Å². The normalized spacial score (nSPS) is 16.3. The van der Waals surface area contributed by atoms with E-state index in [0.717, 1.165) is 24.2 Å². The molecule has 1 aromatic carbocycles. The molecule has 2 rings (SSSR count). The third-order valence-corrected chi connectivity index (χ3v) is 6.95. The molecule has 1 saturated heterocycles. The first kappa shape index (κ1) is 20.4. The molecule has 1 amide bonds. The van der Waals surface area contributed by atoms with Gasteiger partial charge in [-0.05, 0) is 51.3 Å². The first-order chi connectivity index (χ1) is 12.0. The van der Waals surface area contributed by atoms with Gasteiger partial charge in [0.25, 0.3) is 5.91 Å². The molecule has 0 radical (unpaired) electrons. The first-order valence-corrected chi connectivity index (χ1v) is 10.1. The molecule has 1 fully saturated rings. The van der Waals surface area contributed by atoms with Crippen LogP contribution >= 0.6 is 0 Å². The smallest absolute Gasteiger partial charge is 0.329 e. The van der Waals surface area contributed by atoms with Crippen molar-refractivity contribution in [3.8, 4) is 0 Å². The maximum atomic E-state index is 12.9. The minimum absolute atomic E-state index is 0.0647. The molecule has 26 heavy (non-hydrogen) atoms. The molecular formula is C18H26N2O5S. The number of aryl methyl sites for hydroxylation is 1. The molecule has 144 valence electrons. The number of aliphatic carboxylic acids is 1. The Morgan fingerprint density at radius 3 is 2.27 bits per heavy atom. The summed E-state index contributed by atoms with van der Waals surface area (Å²) in [6, 6.07) is 4.44. The summed E-state index contributed by atoms with van der Waals surface area (Å²) in [5, 5.41) is 9.33. The summed E-state index contributed by atoms with van der Waals surface area (Å²) in [5.74, 6) is -1.66. The van der Waals surface area contributed by atoms with Crippen LogP contribution in [0.15, 0.2) is 23.1 Å². The fraction of sp³-hybridized carbons (Fsp3) is 0.556. The summed E-state index contributed by atoms with van der Waals surface area (Å²) in [6.07, 6.45) is 2.66. The molecule has 0 aromatic heterocycles. The van der Waals surface area contributed by atoms with Crippen LogP contribution in [0.1, 0.15) is 49.0 Å². The second-order valence-corrected chi connectivity index (χ2v) is 9.11. The number of carboxylic acids is 1. The lowest BCUT2D eigenvalue weighted by molar-refractivity contribution is -0.147. The topological polar surface area (TPSA) is 95.0 Å². The highest BCUT2D eigenvalue weighted by atomic mass is 32.2. The van der Waals surface area contributed by atoms with Crippen LogP contribution in [0.2, 0.25) is 0 Å². The number of benzene rings is 1. The van der Waals surface area contributed by atoms with Crippen LogP contribution in [-0.2, 0) is 14.8 Å². The predicted octanol–water partition coefficient (Wildman–Crippen LogP) is 2.10. The number of hydrogen-bond donors (Lipinski definition) is 1. The molecule has 0 atom stereocenters. The molecule has 1 N–H and O–H groups in total. The van der Waals surface area contributed by atoms with Crippen LogP contribution < -0.4 is 0 Å². The summed E-state index contributed by atoms with van der Waals surface area (Å²) < 4.78 is 27.2. The van der Waals surface area contributed by atoms with Crippen molar-refractivity contribution in [1.29, 1.82) is 0 Å². The summed E-state index contributed by atoms with van der Waals surface area (Å²) in [5.41, 5.74) is -0.619. The summed E-state index contributed by atoms with van der Waals surface area (Å²) in [4.78, 5) is 25.4. The Hall–Kier alpha value is -1.93. The molecule has 0 aliphatic carbocycles. The Labute approximate surface area is 154 Å². The number of sulfonamides is 1. The van der Waals surface area contributed by atoms with Crippen LogP contribution in [0.25, 0.3) is 0 Å². The van der Waals surface area contributed by atoms with Gasteiger partial charge in [0.2, 0.25) is 10.0 Å². The lowest BCUT2D eigenvalue weighted by Crippen LogP contribution is -2.51. The second kappa shape index (κ2) is 7.36. The zero-order chi connectivity index (χ0) is 19.7. The molecule has 1 aliphatic heterocycles. The number of hydrogen-bond acceptors (Lipinski definition) is 4. The molecule has 8 heteroatoms. The van der Waals surface area contributed by atoms with Gasteiger partial charge in [0.1, 0.15) is 5.54 Å². The zero-order valence-electron chi connectivity index (χ0n) is 15.7. The van der Waals surface area contributed by atoms with Crippen molar-refractivity contribution in [3.05, 3.63) is 29.3 Å². The average molecular weight is 382 g/mol. The number of carbonyl (C=O) groups is 2. The van der Waals surface area contributed by atoms with Gasteiger partial charge in [-0.15, -0.1) is 0 Å². The van der Waals surface area contributed by atoms with Crippen LogP contribution in [0.4, 0.5) is 0 Å². The highest BCUT2D eigenvalue weighted by molar-refractivity contribution is 7.89. The minimum atomic E-state index is -3.67. The van der Waals surface area contributed by atoms with E-state index in [9.17, 15) is 23.1 Å². The van der Waals surface area contributed by atoms with Crippen LogP contribution in [-0.4, -0.2) is 60.3 Å². The van der Waals surface area contributed by atoms with Crippen molar-refractivity contribution in [2.75, 3.05) is 20.1 Å². The second-order valence-electron chi connectivity index (χ2n) is 7.17. The molecule has 1 heterocycles. The molecule has 7 nitrogen and oxygen atoms in total. The van der Waals surface area contributed by atoms with Crippen LogP contribution in [0.3, 0.4) is 0 Å². The van der Waals surface area contributed by atoms with Crippen molar-refractivity contribution < 1.29 is 23.1 Å². The van der Waals surface area contributed by atoms with Gasteiger partial charge in [-0.1, -0.05) is 12.5 Å². The largest absolute Gasteiger partial charge is 0.480 e. The summed E-state index contributed by atoms with van der Waals surface area (Å²) in [7, 11) is -2.26. The van der Waals surface area contributed by atoms with Gasteiger partial charge in [0.15, 0.2) is 0 Å². The fourth-order valence-corrected chi connectivity index (χ4v) is 4.37. The van der Waals surface area contributed by atoms with E-state index >= 15 is 0 Å². The number of likely N-dealkylation sites (N-methyl/N-ethyl adjacent to an activating group) is 1. The molecule has 0 spiro atoms. The Morgan fingerprint density at radius 1 is 1.15 bits per heavy atom. The van der Waals surface area contributed by atoms with Crippen molar-refractivity contribution in [3.63, 3.8) is 0 Å². The lowest BCUT2D eigenvalue weighted by atomic mass is 10.0. The molecule has 0 bridgehead atoms. The summed E-state index contributed by atoms with van der Waals surface area (Å²) in [6.45, 7) is 5.51. The van der Waals surface area contributed by atoms with E-state index in [2.05, 4.69) is 0 Å². The minimum Gasteiger partial charge on any atom is -0.480 e. The zero-order valence-corrected chi connectivity index (χ0v) is 16.5. The van der Waals surface area contributed by atoms with E-state index in [-0.39, 0.29) is 10.5 Å². The van der Waals surface area contributed by atoms with E-state index in [0.29, 0.717) is 18.7 Å². The van der Waals surface area contributed by atoms with Crippen molar-refractivity contribution in [2.24, 2.45) is 0 Å². The van der Waals surface area contributed by atoms with Crippen molar-refractivity contribution in [2.45, 2.75) is 50.5 Å². The number of nitrogens with zero attached hydrogens (tertiary/aromatic N) is 2. The third kappa shape index (κ3) is 3.76.